The van der Waals surface area contributed by atoms with E-state index in [1.807, 2.05) is 7.05 Å². The molecule has 0 bridgehead atoms. The molecular weight excluding hydrogens is 438 g/mol. The third kappa shape index (κ3) is 2.74. The van der Waals surface area contributed by atoms with Crippen molar-refractivity contribution in [3.63, 3.8) is 0 Å². The van der Waals surface area contributed by atoms with E-state index in [0.29, 0.717) is 41.0 Å². The number of aliphatic hydroxyl groups excluding tert-OH is 2. The highest BCUT2D eigenvalue weighted by molar-refractivity contribution is 5.72. The number of hydrogen-bond acceptors (Lipinski definition) is 4. The van der Waals surface area contributed by atoms with Crippen molar-refractivity contribution in [2.75, 3.05) is 13.6 Å². The molecule has 6 rings (SSSR count). The normalized spacial score (nSPS) is 57.7. The highest BCUT2D eigenvalue weighted by Crippen LogP contribution is 2.89. The van der Waals surface area contributed by atoms with E-state index in [0.717, 1.165) is 12.8 Å². The summed E-state index contributed by atoms with van der Waals surface area (Å²) in [5.74, 6) is 2.05. The smallest absolute Gasteiger partial charge is 0.219 e. The number of rotatable bonds is 2. The Bertz CT molecular complexity index is 920. The molecule has 5 saturated carbocycles. The highest BCUT2D eigenvalue weighted by atomic mass is 16.5. The molecule has 12 atom stereocenters. The fourth-order valence-electron chi connectivity index (χ4n) is 11.9. The largest absolute Gasteiger partial charge is 0.393 e. The number of amides is 1. The SMILES string of the molecule is CC(=O)N(C)CC1C[C@@H](C)[C@H]2C(O1)[C@H](O)[C@@]1(C)C3CC[C@H]4C(C)(C)C(O)CCC45CC35CCC21C. The minimum Gasteiger partial charge on any atom is -0.393 e. The van der Waals surface area contributed by atoms with Crippen LogP contribution in [0.25, 0.3) is 0 Å². The van der Waals surface area contributed by atoms with Crippen molar-refractivity contribution in [1.82, 2.24) is 4.90 Å². The molecule has 2 spiro atoms. The van der Waals surface area contributed by atoms with Gasteiger partial charge in [-0.1, -0.05) is 34.6 Å². The lowest BCUT2D eigenvalue weighted by molar-refractivity contribution is -0.182. The highest BCUT2D eigenvalue weighted by Gasteiger charge is 2.84. The molecule has 5 nitrogen and oxygen atoms in total. The zero-order valence-corrected chi connectivity index (χ0v) is 23.1. The van der Waals surface area contributed by atoms with Crippen LogP contribution in [0.2, 0.25) is 0 Å². The number of nitrogens with zero attached hydrogens (tertiary/aromatic N) is 1. The van der Waals surface area contributed by atoms with E-state index in [1.165, 1.54) is 38.5 Å². The van der Waals surface area contributed by atoms with Crippen LogP contribution >= 0.6 is 0 Å². The van der Waals surface area contributed by atoms with Gasteiger partial charge in [-0.25, -0.2) is 0 Å². The third-order valence-electron chi connectivity index (χ3n) is 13.9. The van der Waals surface area contributed by atoms with Gasteiger partial charge in [-0.3, -0.25) is 4.79 Å². The standard InChI is InChI=1S/C30H49NO4/c1-17-14-19(15-31(7)18(2)32)35-24-23(17)27(5)12-13-30-16-29(30)11-10-22(33)26(3,4)20(29)8-9-21(30)28(27,6)25(24)34/h17,19-25,33-34H,8-16H2,1-7H3/t17-,19?,20+,21?,22?,23+,24?,25+,27?,28-,29?,30?/m1/s1. The molecular formula is C30H49NO4. The van der Waals surface area contributed by atoms with Crippen molar-refractivity contribution >= 4 is 5.91 Å². The second-order valence-electron chi connectivity index (χ2n) is 15.1. The van der Waals surface area contributed by atoms with E-state index < -0.39 is 6.10 Å². The fraction of sp³-hybridized carbons (Fsp3) is 0.967. The van der Waals surface area contributed by atoms with Gasteiger partial charge in [-0.05, 0) is 96.7 Å². The van der Waals surface area contributed by atoms with Crippen molar-refractivity contribution in [2.45, 2.75) is 117 Å². The number of hydrogen-bond donors (Lipinski definition) is 2. The molecule has 198 valence electrons. The minimum absolute atomic E-state index is 0.000233. The minimum atomic E-state index is -0.455. The Morgan fingerprint density at radius 1 is 1.00 bits per heavy atom. The van der Waals surface area contributed by atoms with Crippen LogP contribution in [0.15, 0.2) is 0 Å². The molecule has 1 amide bonds. The quantitative estimate of drug-likeness (QED) is 0.595. The molecule has 0 aromatic heterocycles. The summed E-state index contributed by atoms with van der Waals surface area (Å²) in [5.41, 5.74) is 0.628. The molecule has 0 aromatic carbocycles. The summed E-state index contributed by atoms with van der Waals surface area (Å²) < 4.78 is 6.74. The molecule has 6 aliphatic rings. The van der Waals surface area contributed by atoms with Gasteiger partial charge >= 0.3 is 0 Å². The van der Waals surface area contributed by atoms with Crippen LogP contribution in [0.3, 0.4) is 0 Å². The predicted molar refractivity (Wildman–Crippen MR) is 135 cm³/mol. The number of fused-ring (bicyclic) bond motifs is 4. The van der Waals surface area contributed by atoms with Crippen molar-refractivity contribution in [2.24, 2.45) is 50.7 Å². The first-order valence-corrected chi connectivity index (χ1v) is 14.5. The average molecular weight is 488 g/mol. The third-order valence-corrected chi connectivity index (χ3v) is 13.9. The molecule has 5 aliphatic carbocycles. The lowest BCUT2D eigenvalue weighted by Crippen LogP contribution is -2.59. The van der Waals surface area contributed by atoms with Gasteiger partial charge in [0.2, 0.25) is 5.91 Å². The average Bonchev–Trinajstić information content (AvgIpc) is 3.41. The van der Waals surface area contributed by atoms with Crippen molar-refractivity contribution < 1.29 is 19.7 Å². The molecule has 1 aliphatic heterocycles. The van der Waals surface area contributed by atoms with E-state index in [1.54, 1.807) is 11.8 Å². The molecule has 5 heteroatoms. The summed E-state index contributed by atoms with van der Waals surface area (Å²) in [6, 6.07) is 0. The number of ether oxygens (including phenoxy) is 1. The number of carbonyl (C=O) groups excluding carboxylic acids is 1. The first-order chi connectivity index (χ1) is 16.3. The monoisotopic (exact) mass is 487 g/mol. The zero-order chi connectivity index (χ0) is 25.3. The maximum Gasteiger partial charge on any atom is 0.219 e. The summed E-state index contributed by atoms with van der Waals surface area (Å²) in [5, 5.41) is 23.1. The van der Waals surface area contributed by atoms with Gasteiger partial charge in [0.05, 0.1) is 24.4 Å². The van der Waals surface area contributed by atoms with Gasteiger partial charge in [-0.15, -0.1) is 0 Å². The molecule has 2 N–H and O–H groups in total. The van der Waals surface area contributed by atoms with Crippen molar-refractivity contribution in [1.29, 1.82) is 0 Å². The number of aliphatic hydroxyl groups is 2. The van der Waals surface area contributed by atoms with Gasteiger partial charge in [0.15, 0.2) is 0 Å². The van der Waals surface area contributed by atoms with E-state index >= 15 is 0 Å². The number of likely N-dealkylation sites (N-methyl/N-ethyl adjacent to an activating group) is 1. The van der Waals surface area contributed by atoms with E-state index in [4.69, 9.17) is 4.74 Å². The Kier molecular flexibility index (Phi) is 5.12. The molecule has 35 heavy (non-hydrogen) atoms. The van der Waals surface area contributed by atoms with Crippen molar-refractivity contribution in [3.05, 3.63) is 0 Å². The van der Waals surface area contributed by atoms with Gasteiger partial charge in [0, 0.05) is 25.9 Å². The Morgan fingerprint density at radius 3 is 2.34 bits per heavy atom. The summed E-state index contributed by atoms with van der Waals surface area (Å²) in [6.07, 6.45) is 8.43. The fourth-order valence-corrected chi connectivity index (χ4v) is 11.9. The molecule has 1 saturated heterocycles. The molecule has 1 heterocycles. The second-order valence-corrected chi connectivity index (χ2v) is 15.1. The van der Waals surface area contributed by atoms with Crippen LogP contribution in [0.1, 0.15) is 92.9 Å². The van der Waals surface area contributed by atoms with Crippen LogP contribution in [-0.2, 0) is 9.53 Å². The van der Waals surface area contributed by atoms with E-state index in [9.17, 15) is 15.0 Å². The summed E-state index contributed by atoms with van der Waals surface area (Å²) in [6.45, 7) is 14.2. The maximum atomic E-state index is 12.2. The first kappa shape index (κ1) is 24.7. The molecule has 0 radical (unpaired) electrons. The molecule has 7 unspecified atom stereocenters. The van der Waals surface area contributed by atoms with Gasteiger partial charge < -0.3 is 19.8 Å². The Labute approximate surface area is 212 Å². The summed E-state index contributed by atoms with van der Waals surface area (Å²) in [4.78, 5) is 13.6. The van der Waals surface area contributed by atoms with Crippen LogP contribution in [0.4, 0.5) is 0 Å². The van der Waals surface area contributed by atoms with Gasteiger partial charge in [-0.2, -0.15) is 0 Å². The Hall–Kier alpha value is -0.650. The summed E-state index contributed by atoms with van der Waals surface area (Å²) in [7, 11) is 1.85. The van der Waals surface area contributed by atoms with Crippen molar-refractivity contribution in [3.8, 4) is 0 Å². The lowest BCUT2D eigenvalue weighted by Gasteiger charge is -2.63. The Morgan fingerprint density at radius 2 is 1.66 bits per heavy atom. The molecule has 6 fully saturated rings. The number of carbonyl (C=O) groups is 1. The van der Waals surface area contributed by atoms with Gasteiger partial charge in [0.1, 0.15) is 0 Å². The first-order valence-electron chi connectivity index (χ1n) is 14.5. The van der Waals surface area contributed by atoms with E-state index in [2.05, 4.69) is 34.6 Å². The molecule has 0 aromatic rings. The topological polar surface area (TPSA) is 70.0 Å². The van der Waals surface area contributed by atoms with Crippen LogP contribution < -0.4 is 0 Å². The second kappa shape index (κ2) is 7.26. The van der Waals surface area contributed by atoms with Crippen LogP contribution in [0.5, 0.6) is 0 Å². The van der Waals surface area contributed by atoms with Crippen LogP contribution in [-0.4, -0.2) is 59.0 Å². The zero-order valence-electron chi connectivity index (χ0n) is 23.1. The van der Waals surface area contributed by atoms with Crippen LogP contribution in [0, 0.1) is 50.7 Å². The predicted octanol–water partition coefficient (Wildman–Crippen LogP) is 4.64. The van der Waals surface area contributed by atoms with E-state index in [-0.39, 0.29) is 40.5 Å². The summed E-state index contributed by atoms with van der Waals surface area (Å²) >= 11 is 0. The maximum absolute atomic E-state index is 12.2. The lowest BCUT2D eigenvalue weighted by atomic mass is 9.41. The Balaban J connectivity index is 1.33. The van der Waals surface area contributed by atoms with Gasteiger partial charge in [0.25, 0.3) is 0 Å².